The van der Waals surface area contributed by atoms with E-state index in [1.54, 1.807) is 12.1 Å². The number of nitrogen functional groups attached to an aromatic ring is 1. The molecule has 0 spiro atoms. The van der Waals surface area contributed by atoms with E-state index >= 15 is 0 Å². The van der Waals surface area contributed by atoms with Crippen LogP contribution < -0.4 is 11.1 Å². The zero-order valence-electron chi connectivity index (χ0n) is 19.0. The molecule has 0 unspecified atom stereocenters. The summed E-state index contributed by atoms with van der Waals surface area (Å²) in [7, 11) is 0. The summed E-state index contributed by atoms with van der Waals surface area (Å²) in [4.78, 5) is 31.5. The number of aryl methyl sites for hydroxylation is 2. The molecule has 178 valence electrons. The Balaban J connectivity index is 1.30. The molecule has 0 saturated heterocycles. The standard InChI is InChI=1S/C26H24N4O3S2/c27-23-21-15-16-5-3-1-2-4-6-22(16)29-26(21)35-24(23)25(31)28-17-7-11-19(12-8-17)34-20-13-9-18(10-14-20)30(32)33/h7-15H,1-6,27H2,(H,28,31). The highest BCUT2D eigenvalue weighted by Gasteiger charge is 2.20. The number of aromatic nitrogens is 1. The second kappa shape index (κ2) is 10.1. The van der Waals surface area contributed by atoms with Gasteiger partial charge in [0.15, 0.2) is 0 Å². The van der Waals surface area contributed by atoms with Crippen molar-refractivity contribution in [2.45, 2.75) is 48.3 Å². The third-order valence-corrected chi connectivity index (χ3v) is 8.23. The predicted octanol–water partition coefficient (Wildman–Crippen LogP) is 6.85. The molecular weight excluding hydrogens is 480 g/mol. The number of nitrogens with two attached hydrogens (primary N) is 1. The number of thiophene rings is 1. The zero-order chi connectivity index (χ0) is 24.4. The van der Waals surface area contributed by atoms with Gasteiger partial charge in [-0.1, -0.05) is 24.6 Å². The number of non-ortho nitro benzene ring substituents is 1. The van der Waals surface area contributed by atoms with E-state index in [0.717, 1.165) is 51.4 Å². The van der Waals surface area contributed by atoms with Gasteiger partial charge in [-0.3, -0.25) is 14.9 Å². The van der Waals surface area contributed by atoms with Crippen LogP contribution in [-0.2, 0) is 12.8 Å². The minimum absolute atomic E-state index is 0.0642. The number of hydrogen-bond donors (Lipinski definition) is 2. The molecule has 2 aromatic heterocycles. The number of nitrogens with zero attached hydrogens (tertiary/aromatic N) is 2. The van der Waals surface area contributed by atoms with E-state index in [9.17, 15) is 14.9 Å². The number of carbonyl (C=O) groups is 1. The predicted molar refractivity (Wildman–Crippen MR) is 142 cm³/mol. The average Bonchev–Trinajstić information content (AvgIpc) is 3.16. The molecule has 1 aliphatic rings. The van der Waals surface area contributed by atoms with Gasteiger partial charge >= 0.3 is 0 Å². The van der Waals surface area contributed by atoms with Crippen molar-refractivity contribution in [3.8, 4) is 0 Å². The first-order valence-electron chi connectivity index (χ1n) is 11.5. The summed E-state index contributed by atoms with van der Waals surface area (Å²) < 4.78 is 0. The average molecular weight is 505 g/mol. The molecule has 2 aromatic carbocycles. The van der Waals surface area contributed by atoms with Gasteiger partial charge in [-0.2, -0.15) is 0 Å². The minimum atomic E-state index is -0.415. The van der Waals surface area contributed by atoms with Gasteiger partial charge < -0.3 is 11.1 Å². The van der Waals surface area contributed by atoms with Crippen molar-refractivity contribution >= 4 is 56.3 Å². The van der Waals surface area contributed by atoms with Gasteiger partial charge in [0.25, 0.3) is 11.6 Å². The molecule has 0 bridgehead atoms. The summed E-state index contributed by atoms with van der Waals surface area (Å²) >= 11 is 2.83. The summed E-state index contributed by atoms with van der Waals surface area (Å²) in [5.41, 5.74) is 10.0. The summed E-state index contributed by atoms with van der Waals surface area (Å²) in [5.74, 6) is -0.242. The van der Waals surface area contributed by atoms with E-state index in [4.69, 9.17) is 10.7 Å². The quantitative estimate of drug-likeness (QED) is 0.227. The van der Waals surface area contributed by atoms with Crippen LogP contribution in [0.15, 0.2) is 64.4 Å². The fraction of sp³-hybridized carbons (Fsp3) is 0.231. The highest BCUT2D eigenvalue weighted by molar-refractivity contribution is 7.99. The van der Waals surface area contributed by atoms with Gasteiger partial charge in [-0.25, -0.2) is 4.98 Å². The number of pyridine rings is 1. The highest BCUT2D eigenvalue weighted by Crippen LogP contribution is 2.36. The fourth-order valence-corrected chi connectivity index (χ4v) is 6.06. The van der Waals surface area contributed by atoms with Gasteiger partial charge in [0.05, 0.1) is 10.6 Å². The van der Waals surface area contributed by atoms with Gasteiger partial charge in [0.2, 0.25) is 0 Å². The SMILES string of the molecule is Nc1c(C(=O)Nc2ccc(Sc3ccc([N+](=O)[O-])cc3)cc2)sc2nc3c(cc12)CCCCCC3. The van der Waals surface area contributed by atoms with Crippen LogP contribution in [0.1, 0.15) is 46.6 Å². The Hall–Kier alpha value is -3.43. The molecule has 5 rings (SSSR count). The number of carbonyl (C=O) groups excluding carboxylic acids is 1. The van der Waals surface area contributed by atoms with Gasteiger partial charge in [0, 0.05) is 38.7 Å². The molecule has 1 aliphatic carbocycles. The van der Waals surface area contributed by atoms with E-state index in [-0.39, 0.29) is 11.6 Å². The number of hydrogen-bond acceptors (Lipinski definition) is 7. The molecule has 9 heteroatoms. The number of rotatable bonds is 5. The minimum Gasteiger partial charge on any atom is -0.397 e. The molecule has 2 heterocycles. The normalized spacial score (nSPS) is 13.6. The summed E-state index contributed by atoms with van der Waals surface area (Å²) in [5, 5.41) is 14.6. The molecule has 0 saturated carbocycles. The number of nitrogens with one attached hydrogen (secondary N) is 1. The number of nitro benzene ring substituents is 1. The van der Waals surface area contributed by atoms with Gasteiger partial charge in [0.1, 0.15) is 9.71 Å². The Kier molecular flexibility index (Phi) is 6.70. The highest BCUT2D eigenvalue weighted by atomic mass is 32.2. The first kappa shape index (κ1) is 23.3. The lowest BCUT2D eigenvalue weighted by atomic mass is 9.96. The fourth-order valence-electron chi connectivity index (χ4n) is 4.25. The molecule has 4 aromatic rings. The molecule has 7 nitrogen and oxygen atoms in total. The molecule has 35 heavy (non-hydrogen) atoms. The van der Waals surface area contributed by atoms with Crippen molar-refractivity contribution in [3.63, 3.8) is 0 Å². The second-order valence-corrected chi connectivity index (χ2v) is 10.7. The van der Waals surface area contributed by atoms with Crippen molar-refractivity contribution in [3.05, 3.63) is 80.8 Å². The van der Waals surface area contributed by atoms with Crippen LogP contribution in [-0.4, -0.2) is 15.8 Å². The second-order valence-electron chi connectivity index (χ2n) is 8.54. The van der Waals surface area contributed by atoms with E-state index in [1.807, 2.05) is 24.3 Å². The molecule has 0 atom stereocenters. The Labute approximate surface area is 210 Å². The first-order chi connectivity index (χ1) is 17.0. The topological polar surface area (TPSA) is 111 Å². The lowest BCUT2D eigenvalue weighted by molar-refractivity contribution is -0.384. The maximum atomic E-state index is 13.0. The van der Waals surface area contributed by atoms with Crippen LogP contribution >= 0.6 is 23.1 Å². The summed E-state index contributed by atoms with van der Waals surface area (Å²) in [6.07, 6.45) is 6.79. The van der Waals surface area contributed by atoms with E-state index in [2.05, 4.69) is 11.4 Å². The smallest absolute Gasteiger partial charge is 0.269 e. The van der Waals surface area contributed by atoms with Crippen LogP contribution in [0.2, 0.25) is 0 Å². The zero-order valence-corrected chi connectivity index (χ0v) is 20.6. The molecule has 3 N–H and O–H groups in total. The summed E-state index contributed by atoms with van der Waals surface area (Å²) in [6.45, 7) is 0. The lowest BCUT2D eigenvalue weighted by Gasteiger charge is -2.12. The lowest BCUT2D eigenvalue weighted by Crippen LogP contribution is -2.11. The number of amides is 1. The molecule has 0 fully saturated rings. The third kappa shape index (κ3) is 5.16. The van der Waals surface area contributed by atoms with E-state index < -0.39 is 4.92 Å². The van der Waals surface area contributed by atoms with Crippen molar-refractivity contribution in [2.75, 3.05) is 11.1 Å². The Morgan fingerprint density at radius 3 is 2.34 bits per heavy atom. The molecular formula is C26H24N4O3S2. The van der Waals surface area contributed by atoms with Crippen LogP contribution in [0.5, 0.6) is 0 Å². The van der Waals surface area contributed by atoms with E-state index in [1.165, 1.54) is 53.6 Å². The molecule has 0 aliphatic heterocycles. The number of fused-ring (bicyclic) bond motifs is 2. The first-order valence-corrected chi connectivity index (χ1v) is 13.2. The van der Waals surface area contributed by atoms with Crippen LogP contribution in [0.4, 0.5) is 17.1 Å². The largest absolute Gasteiger partial charge is 0.397 e. The van der Waals surface area contributed by atoms with Crippen LogP contribution in [0, 0.1) is 10.1 Å². The Morgan fingerprint density at radius 2 is 1.66 bits per heavy atom. The number of anilines is 2. The molecule has 0 radical (unpaired) electrons. The molecule has 1 amide bonds. The maximum Gasteiger partial charge on any atom is 0.269 e. The number of nitro groups is 1. The third-order valence-electron chi connectivity index (χ3n) is 6.10. The van der Waals surface area contributed by atoms with Gasteiger partial charge in [-0.15, -0.1) is 11.3 Å². The van der Waals surface area contributed by atoms with Crippen LogP contribution in [0.25, 0.3) is 10.2 Å². The Morgan fingerprint density at radius 1 is 1.00 bits per heavy atom. The number of benzene rings is 2. The maximum absolute atomic E-state index is 13.0. The van der Waals surface area contributed by atoms with Crippen molar-refractivity contribution in [1.82, 2.24) is 4.98 Å². The van der Waals surface area contributed by atoms with Crippen molar-refractivity contribution in [2.24, 2.45) is 0 Å². The van der Waals surface area contributed by atoms with E-state index in [0.29, 0.717) is 16.3 Å². The van der Waals surface area contributed by atoms with Crippen molar-refractivity contribution < 1.29 is 9.72 Å². The van der Waals surface area contributed by atoms with Crippen LogP contribution in [0.3, 0.4) is 0 Å². The van der Waals surface area contributed by atoms with Crippen molar-refractivity contribution in [1.29, 1.82) is 0 Å². The summed E-state index contributed by atoms with van der Waals surface area (Å²) in [6, 6.07) is 16.0. The van der Waals surface area contributed by atoms with Gasteiger partial charge in [-0.05, 0) is 73.7 Å². The monoisotopic (exact) mass is 504 g/mol. The Bertz CT molecular complexity index is 1400.